The standard InChI is InChI=1S/C19H27N3O2S.HI/c1-4-20-19(22-12-18-15(3)8-9-25-18)21-11-16(23)13-24-17-7-5-6-14(2)10-17;/h5-10,16,23H,4,11-13H2,1-3H3,(H2,20,21,22);1H. The topological polar surface area (TPSA) is 65.9 Å². The minimum Gasteiger partial charge on any atom is -0.491 e. The predicted molar refractivity (Wildman–Crippen MR) is 120 cm³/mol. The van der Waals surface area contributed by atoms with Crippen molar-refractivity contribution in [2.24, 2.45) is 4.99 Å². The van der Waals surface area contributed by atoms with E-state index in [0.29, 0.717) is 19.0 Å². The summed E-state index contributed by atoms with van der Waals surface area (Å²) in [5.41, 5.74) is 2.40. The molecule has 144 valence electrons. The summed E-state index contributed by atoms with van der Waals surface area (Å²) in [6.07, 6.45) is -0.618. The lowest BCUT2D eigenvalue weighted by Gasteiger charge is -2.16. The molecule has 0 saturated carbocycles. The van der Waals surface area contributed by atoms with Crippen molar-refractivity contribution in [3.8, 4) is 5.75 Å². The number of ether oxygens (including phenoxy) is 1. The van der Waals surface area contributed by atoms with E-state index in [2.05, 4.69) is 34.0 Å². The van der Waals surface area contributed by atoms with Gasteiger partial charge >= 0.3 is 0 Å². The molecule has 0 spiro atoms. The van der Waals surface area contributed by atoms with E-state index in [-0.39, 0.29) is 30.6 Å². The fourth-order valence-corrected chi connectivity index (χ4v) is 3.06. The number of aliphatic imine (C=N–C) groups is 1. The summed E-state index contributed by atoms with van der Waals surface area (Å²) in [5.74, 6) is 1.47. The predicted octanol–water partition coefficient (Wildman–Crippen LogP) is 3.48. The molecule has 2 rings (SSSR count). The zero-order chi connectivity index (χ0) is 18.1. The number of halogens is 1. The lowest BCUT2D eigenvalue weighted by Crippen LogP contribution is -2.42. The van der Waals surface area contributed by atoms with Crippen LogP contribution in [0.15, 0.2) is 40.7 Å². The molecule has 0 amide bonds. The molecule has 0 saturated heterocycles. The minimum absolute atomic E-state index is 0. The van der Waals surface area contributed by atoms with Crippen LogP contribution in [0.3, 0.4) is 0 Å². The van der Waals surface area contributed by atoms with Crippen LogP contribution in [0.5, 0.6) is 5.75 Å². The van der Waals surface area contributed by atoms with E-state index in [4.69, 9.17) is 4.74 Å². The average Bonchev–Trinajstić information content (AvgIpc) is 3.00. The molecule has 0 radical (unpaired) electrons. The van der Waals surface area contributed by atoms with Gasteiger partial charge in [0, 0.05) is 18.0 Å². The van der Waals surface area contributed by atoms with Crippen molar-refractivity contribution in [1.82, 2.24) is 10.6 Å². The summed E-state index contributed by atoms with van der Waals surface area (Å²) in [7, 11) is 0. The van der Waals surface area contributed by atoms with Crippen LogP contribution < -0.4 is 15.4 Å². The van der Waals surface area contributed by atoms with Crippen molar-refractivity contribution >= 4 is 41.3 Å². The van der Waals surface area contributed by atoms with Gasteiger partial charge in [0.25, 0.3) is 0 Å². The molecule has 1 aromatic carbocycles. The first kappa shape index (κ1) is 22.7. The molecule has 1 aromatic heterocycles. The molecule has 0 aliphatic carbocycles. The highest BCUT2D eigenvalue weighted by atomic mass is 127. The Balaban J connectivity index is 0.00000338. The number of nitrogens with one attached hydrogen (secondary N) is 2. The van der Waals surface area contributed by atoms with Crippen LogP contribution in [0, 0.1) is 13.8 Å². The Labute approximate surface area is 176 Å². The first-order chi connectivity index (χ1) is 12.1. The third kappa shape index (κ3) is 7.92. The number of nitrogens with zero attached hydrogens (tertiary/aromatic N) is 1. The second kappa shape index (κ2) is 12.1. The summed E-state index contributed by atoms with van der Waals surface area (Å²) in [5, 5.41) is 18.6. The Morgan fingerprint density at radius 1 is 1.27 bits per heavy atom. The average molecular weight is 489 g/mol. The lowest BCUT2D eigenvalue weighted by molar-refractivity contribution is 0.110. The molecule has 0 aliphatic rings. The van der Waals surface area contributed by atoms with Gasteiger partial charge in [-0.25, -0.2) is 4.99 Å². The fraction of sp³-hybridized carbons (Fsp3) is 0.421. The van der Waals surface area contributed by atoms with Crippen molar-refractivity contribution < 1.29 is 9.84 Å². The first-order valence-corrected chi connectivity index (χ1v) is 9.39. The number of thiophene rings is 1. The summed E-state index contributed by atoms with van der Waals surface area (Å²) in [6, 6.07) is 9.90. The smallest absolute Gasteiger partial charge is 0.191 e. The number of aryl methyl sites for hydroxylation is 2. The number of aliphatic hydroxyl groups excluding tert-OH is 1. The number of hydrogen-bond donors (Lipinski definition) is 3. The van der Waals surface area contributed by atoms with Crippen molar-refractivity contribution in [2.45, 2.75) is 33.4 Å². The largest absolute Gasteiger partial charge is 0.491 e. The SMILES string of the molecule is CCNC(=NCc1sccc1C)NCC(O)COc1cccc(C)c1.I. The molecule has 1 unspecified atom stereocenters. The van der Waals surface area contributed by atoms with Gasteiger partial charge in [-0.3, -0.25) is 0 Å². The highest BCUT2D eigenvalue weighted by Crippen LogP contribution is 2.16. The second-order valence-corrected chi connectivity index (χ2v) is 6.88. The number of guanidine groups is 1. The second-order valence-electron chi connectivity index (χ2n) is 5.88. The Morgan fingerprint density at radius 3 is 2.73 bits per heavy atom. The molecule has 0 fully saturated rings. The first-order valence-electron chi connectivity index (χ1n) is 8.51. The third-order valence-corrected chi connectivity index (χ3v) is 4.64. The van der Waals surface area contributed by atoms with Crippen LogP contribution in [-0.2, 0) is 6.54 Å². The quantitative estimate of drug-likeness (QED) is 0.302. The molecule has 5 nitrogen and oxygen atoms in total. The monoisotopic (exact) mass is 489 g/mol. The Bertz CT molecular complexity index is 691. The van der Waals surface area contributed by atoms with Crippen LogP contribution in [-0.4, -0.2) is 36.9 Å². The van der Waals surface area contributed by atoms with E-state index >= 15 is 0 Å². The summed E-state index contributed by atoms with van der Waals surface area (Å²) in [6.45, 7) is 8.14. The fourth-order valence-electron chi connectivity index (χ4n) is 2.23. The van der Waals surface area contributed by atoms with E-state index in [1.165, 1.54) is 10.4 Å². The van der Waals surface area contributed by atoms with E-state index in [1.807, 2.05) is 38.1 Å². The lowest BCUT2D eigenvalue weighted by atomic mass is 10.2. The van der Waals surface area contributed by atoms with Gasteiger partial charge in [0.2, 0.25) is 0 Å². The molecule has 1 atom stereocenters. The van der Waals surface area contributed by atoms with Gasteiger partial charge in [-0.2, -0.15) is 0 Å². The van der Waals surface area contributed by atoms with Crippen molar-refractivity contribution in [3.05, 3.63) is 51.7 Å². The maximum atomic E-state index is 10.1. The molecule has 2 aromatic rings. The zero-order valence-corrected chi connectivity index (χ0v) is 18.6. The Morgan fingerprint density at radius 2 is 2.08 bits per heavy atom. The highest BCUT2D eigenvalue weighted by Gasteiger charge is 2.07. The van der Waals surface area contributed by atoms with Crippen LogP contribution in [0.25, 0.3) is 0 Å². The van der Waals surface area contributed by atoms with Gasteiger partial charge in [-0.15, -0.1) is 35.3 Å². The maximum absolute atomic E-state index is 10.1. The van der Waals surface area contributed by atoms with E-state index in [9.17, 15) is 5.11 Å². The van der Waals surface area contributed by atoms with Crippen molar-refractivity contribution in [2.75, 3.05) is 19.7 Å². The maximum Gasteiger partial charge on any atom is 0.191 e. The minimum atomic E-state index is -0.618. The normalized spacial score (nSPS) is 12.2. The van der Waals surface area contributed by atoms with Gasteiger partial charge in [-0.1, -0.05) is 12.1 Å². The molecule has 3 N–H and O–H groups in total. The molecule has 26 heavy (non-hydrogen) atoms. The number of benzene rings is 1. The summed E-state index contributed by atoms with van der Waals surface area (Å²) < 4.78 is 5.63. The molecule has 7 heteroatoms. The molecule has 0 bridgehead atoms. The van der Waals surface area contributed by atoms with Gasteiger partial charge < -0.3 is 20.5 Å². The van der Waals surface area contributed by atoms with Crippen LogP contribution in [0.2, 0.25) is 0 Å². The van der Waals surface area contributed by atoms with Crippen molar-refractivity contribution in [1.29, 1.82) is 0 Å². The van der Waals surface area contributed by atoms with Gasteiger partial charge in [-0.05, 0) is 55.5 Å². The van der Waals surface area contributed by atoms with E-state index in [1.54, 1.807) is 11.3 Å². The summed E-state index contributed by atoms with van der Waals surface area (Å²) >= 11 is 1.71. The molecule has 1 heterocycles. The zero-order valence-electron chi connectivity index (χ0n) is 15.5. The summed E-state index contributed by atoms with van der Waals surface area (Å²) in [4.78, 5) is 5.82. The number of hydrogen-bond acceptors (Lipinski definition) is 4. The number of aliphatic hydroxyl groups is 1. The van der Waals surface area contributed by atoms with Crippen LogP contribution in [0.1, 0.15) is 22.9 Å². The van der Waals surface area contributed by atoms with Crippen LogP contribution >= 0.6 is 35.3 Å². The van der Waals surface area contributed by atoms with Crippen molar-refractivity contribution in [3.63, 3.8) is 0 Å². The molecule has 0 aliphatic heterocycles. The van der Waals surface area contributed by atoms with Crippen LogP contribution in [0.4, 0.5) is 0 Å². The van der Waals surface area contributed by atoms with Gasteiger partial charge in [0.15, 0.2) is 5.96 Å². The molecular weight excluding hydrogens is 461 g/mol. The Kier molecular flexibility index (Phi) is 10.6. The highest BCUT2D eigenvalue weighted by molar-refractivity contribution is 14.0. The third-order valence-electron chi connectivity index (χ3n) is 3.63. The number of rotatable bonds is 8. The Hall–Kier alpha value is -1.32. The van der Waals surface area contributed by atoms with Gasteiger partial charge in [0.1, 0.15) is 18.5 Å². The molecular formula is C19H28IN3O2S. The van der Waals surface area contributed by atoms with Gasteiger partial charge in [0.05, 0.1) is 6.54 Å². The van der Waals surface area contributed by atoms with E-state index in [0.717, 1.165) is 17.9 Å². The van der Waals surface area contributed by atoms with E-state index < -0.39 is 6.10 Å².